The van der Waals surface area contributed by atoms with E-state index in [2.05, 4.69) is 27.9 Å². The normalized spacial score (nSPS) is 12.5. The number of aromatic hydroxyl groups is 1. The molecule has 1 atom stereocenters. The fourth-order valence-corrected chi connectivity index (χ4v) is 1.93. The molecule has 0 radical (unpaired) electrons. The lowest BCUT2D eigenvalue weighted by molar-refractivity contribution is 0.0925. The predicted molar refractivity (Wildman–Crippen MR) is 76.0 cm³/mol. The van der Waals surface area contributed by atoms with Gasteiger partial charge < -0.3 is 16.2 Å². The Morgan fingerprint density at radius 3 is 2.71 bits per heavy atom. The van der Waals surface area contributed by atoms with E-state index < -0.39 is 0 Å². The van der Waals surface area contributed by atoms with E-state index in [4.69, 9.17) is 5.73 Å². The molecule has 17 heavy (non-hydrogen) atoms. The summed E-state index contributed by atoms with van der Waals surface area (Å²) >= 11 is 2.10. The van der Waals surface area contributed by atoms with Crippen LogP contribution >= 0.6 is 22.6 Å². The van der Waals surface area contributed by atoms with Crippen molar-refractivity contribution in [3.63, 3.8) is 0 Å². The molecule has 0 aliphatic heterocycles. The summed E-state index contributed by atoms with van der Waals surface area (Å²) in [5, 5.41) is 12.5. The maximum atomic E-state index is 12.0. The molecule has 4 N–H and O–H groups in total. The van der Waals surface area contributed by atoms with Crippen LogP contribution in [0.25, 0.3) is 0 Å². The Kier molecular flexibility index (Phi) is 5.20. The fraction of sp³-hybridized carbons (Fsp3) is 0.417. The second kappa shape index (κ2) is 6.20. The van der Waals surface area contributed by atoms with Crippen LogP contribution in [0.4, 0.5) is 0 Å². The summed E-state index contributed by atoms with van der Waals surface area (Å²) in [5.41, 5.74) is 5.88. The van der Waals surface area contributed by atoms with E-state index in [1.807, 2.05) is 13.8 Å². The lowest BCUT2D eigenvalue weighted by Gasteiger charge is -2.20. The highest BCUT2D eigenvalue weighted by atomic mass is 127. The number of benzene rings is 1. The highest BCUT2D eigenvalue weighted by Crippen LogP contribution is 2.19. The van der Waals surface area contributed by atoms with Crippen molar-refractivity contribution in [3.05, 3.63) is 27.3 Å². The number of phenolic OH excluding ortho intramolecular Hbond substituents is 1. The second-order valence-electron chi connectivity index (χ2n) is 4.22. The van der Waals surface area contributed by atoms with Crippen molar-refractivity contribution in [1.29, 1.82) is 0 Å². The summed E-state index contributed by atoms with van der Waals surface area (Å²) < 4.78 is 0.902. The minimum atomic E-state index is -0.287. The molecule has 1 aromatic rings. The highest BCUT2D eigenvalue weighted by Gasteiger charge is 2.17. The average Bonchev–Trinajstić information content (AvgIpc) is 2.28. The first-order valence-corrected chi connectivity index (χ1v) is 6.53. The standard InChI is InChI=1S/C12H17IN2O2/c1-7(2)10(6-14)15-12(17)9-5-8(13)3-4-11(9)16/h3-5,7,10,16H,6,14H2,1-2H3,(H,15,17). The molecular formula is C12H17IN2O2. The maximum Gasteiger partial charge on any atom is 0.255 e. The number of rotatable bonds is 4. The van der Waals surface area contributed by atoms with Gasteiger partial charge in [-0.25, -0.2) is 0 Å². The monoisotopic (exact) mass is 348 g/mol. The van der Waals surface area contributed by atoms with Crippen LogP contribution < -0.4 is 11.1 Å². The molecule has 4 nitrogen and oxygen atoms in total. The van der Waals surface area contributed by atoms with Crippen LogP contribution in [0.5, 0.6) is 5.75 Å². The lowest BCUT2D eigenvalue weighted by Crippen LogP contribution is -2.43. The Hall–Kier alpha value is -0.820. The summed E-state index contributed by atoms with van der Waals surface area (Å²) in [6.07, 6.45) is 0. The van der Waals surface area contributed by atoms with Crippen LogP contribution in [-0.2, 0) is 0 Å². The smallest absolute Gasteiger partial charge is 0.255 e. The Bertz CT molecular complexity index is 407. The summed E-state index contributed by atoms with van der Waals surface area (Å²) in [6.45, 7) is 4.37. The molecule has 0 aliphatic rings. The first-order valence-electron chi connectivity index (χ1n) is 5.45. The van der Waals surface area contributed by atoms with Gasteiger partial charge in [0.25, 0.3) is 5.91 Å². The molecule has 1 amide bonds. The molecule has 0 aromatic heterocycles. The molecule has 0 saturated heterocycles. The van der Waals surface area contributed by atoms with Crippen LogP contribution in [0.2, 0.25) is 0 Å². The number of phenols is 1. The molecule has 0 saturated carbocycles. The molecule has 0 fully saturated rings. The van der Waals surface area contributed by atoms with Crippen molar-refractivity contribution in [1.82, 2.24) is 5.32 Å². The van der Waals surface area contributed by atoms with E-state index in [-0.39, 0.29) is 29.2 Å². The van der Waals surface area contributed by atoms with E-state index >= 15 is 0 Å². The van der Waals surface area contributed by atoms with E-state index in [1.165, 1.54) is 6.07 Å². The average molecular weight is 348 g/mol. The van der Waals surface area contributed by atoms with Gasteiger partial charge in [-0.05, 0) is 46.7 Å². The molecule has 94 valence electrons. The molecule has 0 bridgehead atoms. The van der Waals surface area contributed by atoms with E-state index in [0.717, 1.165) is 3.57 Å². The van der Waals surface area contributed by atoms with Crippen LogP contribution in [0, 0.1) is 9.49 Å². The molecule has 0 aliphatic carbocycles. The van der Waals surface area contributed by atoms with E-state index in [1.54, 1.807) is 12.1 Å². The highest BCUT2D eigenvalue weighted by molar-refractivity contribution is 14.1. The van der Waals surface area contributed by atoms with Gasteiger partial charge in [0.2, 0.25) is 0 Å². The van der Waals surface area contributed by atoms with Gasteiger partial charge in [0.05, 0.1) is 5.56 Å². The Labute approximate surface area is 115 Å². The fourth-order valence-electron chi connectivity index (χ4n) is 1.43. The van der Waals surface area contributed by atoms with Crippen molar-refractivity contribution in [2.24, 2.45) is 11.7 Å². The number of nitrogens with one attached hydrogen (secondary N) is 1. The zero-order valence-electron chi connectivity index (χ0n) is 9.90. The van der Waals surface area contributed by atoms with E-state index in [9.17, 15) is 9.90 Å². The van der Waals surface area contributed by atoms with Gasteiger partial charge in [-0.1, -0.05) is 13.8 Å². The zero-order valence-corrected chi connectivity index (χ0v) is 12.1. The minimum absolute atomic E-state index is 0.0116. The largest absolute Gasteiger partial charge is 0.507 e. The first-order chi connectivity index (χ1) is 7.95. The summed E-state index contributed by atoms with van der Waals surface area (Å²) in [7, 11) is 0. The number of carbonyl (C=O) groups is 1. The quantitative estimate of drug-likeness (QED) is 0.725. The zero-order chi connectivity index (χ0) is 13.0. The van der Waals surface area contributed by atoms with Crippen LogP contribution in [0.15, 0.2) is 18.2 Å². The Morgan fingerprint density at radius 1 is 1.53 bits per heavy atom. The van der Waals surface area contributed by atoms with Gasteiger partial charge in [-0.15, -0.1) is 0 Å². The number of halogens is 1. The summed E-state index contributed by atoms with van der Waals surface area (Å²) in [6, 6.07) is 4.83. The van der Waals surface area contributed by atoms with Crippen molar-refractivity contribution in [2.75, 3.05) is 6.54 Å². The third-order valence-corrected chi connectivity index (χ3v) is 3.25. The van der Waals surface area contributed by atoms with Crippen LogP contribution in [0.3, 0.4) is 0 Å². The molecule has 1 aromatic carbocycles. The predicted octanol–water partition coefficient (Wildman–Crippen LogP) is 1.71. The molecule has 5 heteroatoms. The van der Waals surface area contributed by atoms with Crippen molar-refractivity contribution in [2.45, 2.75) is 19.9 Å². The minimum Gasteiger partial charge on any atom is -0.507 e. The summed E-state index contributed by atoms with van der Waals surface area (Å²) in [5.74, 6) is -0.0403. The van der Waals surface area contributed by atoms with Crippen LogP contribution in [0.1, 0.15) is 24.2 Å². The molecule has 0 heterocycles. The molecule has 1 unspecified atom stereocenters. The number of carbonyl (C=O) groups excluding carboxylic acids is 1. The van der Waals surface area contributed by atoms with Crippen molar-refractivity contribution in [3.8, 4) is 5.75 Å². The number of amides is 1. The third-order valence-electron chi connectivity index (χ3n) is 2.58. The number of nitrogens with two attached hydrogens (primary N) is 1. The van der Waals surface area contributed by atoms with Gasteiger partial charge in [-0.2, -0.15) is 0 Å². The SMILES string of the molecule is CC(C)C(CN)NC(=O)c1cc(I)ccc1O. The summed E-state index contributed by atoms with van der Waals surface area (Å²) in [4.78, 5) is 12.0. The van der Waals surface area contributed by atoms with Gasteiger partial charge in [-0.3, -0.25) is 4.79 Å². The molecule has 1 rings (SSSR count). The maximum absolute atomic E-state index is 12.0. The Morgan fingerprint density at radius 2 is 2.18 bits per heavy atom. The second-order valence-corrected chi connectivity index (χ2v) is 5.47. The van der Waals surface area contributed by atoms with E-state index in [0.29, 0.717) is 6.54 Å². The lowest BCUT2D eigenvalue weighted by atomic mass is 10.0. The van der Waals surface area contributed by atoms with Crippen LogP contribution in [-0.4, -0.2) is 23.6 Å². The van der Waals surface area contributed by atoms with Gasteiger partial charge in [0, 0.05) is 16.2 Å². The first kappa shape index (κ1) is 14.2. The number of hydrogen-bond acceptors (Lipinski definition) is 3. The van der Waals surface area contributed by atoms with Crippen molar-refractivity contribution >= 4 is 28.5 Å². The topological polar surface area (TPSA) is 75.3 Å². The van der Waals surface area contributed by atoms with Gasteiger partial charge in [0.1, 0.15) is 5.75 Å². The molecular weight excluding hydrogens is 331 g/mol. The molecule has 0 spiro atoms. The van der Waals surface area contributed by atoms with Crippen molar-refractivity contribution < 1.29 is 9.90 Å². The third kappa shape index (κ3) is 3.85. The van der Waals surface area contributed by atoms with Gasteiger partial charge >= 0.3 is 0 Å². The Balaban J connectivity index is 2.86. The number of hydrogen-bond donors (Lipinski definition) is 3. The van der Waals surface area contributed by atoms with Gasteiger partial charge in [0.15, 0.2) is 0 Å².